The highest BCUT2D eigenvalue weighted by molar-refractivity contribution is 7.89. The van der Waals surface area contributed by atoms with E-state index >= 15 is 0 Å². The first-order valence-corrected chi connectivity index (χ1v) is 12.8. The normalized spacial score (nSPS) is 11.6. The zero-order valence-corrected chi connectivity index (χ0v) is 21.1. The molecule has 34 heavy (non-hydrogen) atoms. The van der Waals surface area contributed by atoms with Crippen molar-refractivity contribution in [1.82, 2.24) is 14.1 Å². The Labute approximate surface area is 201 Å². The molecule has 0 aliphatic rings. The molecule has 0 fully saturated rings. The minimum Gasteiger partial charge on any atom is -0.492 e. The maximum atomic E-state index is 13.2. The van der Waals surface area contributed by atoms with Crippen molar-refractivity contribution in [2.75, 3.05) is 25.0 Å². The Morgan fingerprint density at radius 2 is 1.74 bits per heavy atom. The second-order valence-corrected chi connectivity index (χ2v) is 9.73. The maximum absolute atomic E-state index is 13.2. The molecule has 1 aromatic heterocycles. The Morgan fingerprint density at radius 3 is 2.35 bits per heavy atom. The number of sulfonamides is 1. The molecule has 182 valence electrons. The Morgan fingerprint density at radius 1 is 1.06 bits per heavy atom. The number of aromatic nitrogens is 2. The highest BCUT2D eigenvalue weighted by atomic mass is 32.2. The molecule has 3 rings (SSSR count). The number of anilines is 1. The Bertz CT molecular complexity index is 1250. The van der Waals surface area contributed by atoms with E-state index in [0.29, 0.717) is 43.2 Å². The van der Waals surface area contributed by atoms with E-state index in [1.54, 1.807) is 44.5 Å². The number of amides is 1. The van der Waals surface area contributed by atoms with Crippen LogP contribution in [0.25, 0.3) is 0 Å². The minimum atomic E-state index is -3.78. The molecule has 0 bridgehead atoms. The molecule has 0 radical (unpaired) electrons. The van der Waals surface area contributed by atoms with Crippen molar-refractivity contribution in [1.29, 1.82) is 0 Å². The van der Waals surface area contributed by atoms with Crippen LogP contribution >= 0.6 is 0 Å². The Hall–Kier alpha value is -3.17. The molecule has 0 spiro atoms. The smallest absolute Gasteiger partial charge is 0.259 e. The number of benzene rings is 2. The van der Waals surface area contributed by atoms with Crippen molar-refractivity contribution in [3.63, 3.8) is 0 Å². The van der Waals surface area contributed by atoms with Gasteiger partial charge in [-0.1, -0.05) is 44.2 Å². The van der Waals surface area contributed by atoms with Gasteiger partial charge >= 0.3 is 0 Å². The molecule has 8 nitrogen and oxygen atoms in total. The average molecular weight is 485 g/mol. The first-order valence-electron chi connectivity index (χ1n) is 11.4. The predicted octanol–water partition coefficient (Wildman–Crippen LogP) is 4.23. The van der Waals surface area contributed by atoms with E-state index in [0.717, 1.165) is 11.3 Å². The van der Waals surface area contributed by atoms with E-state index in [1.165, 1.54) is 10.4 Å². The van der Waals surface area contributed by atoms with Crippen LogP contribution in [0.5, 0.6) is 5.75 Å². The van der Waals surface area contributed by atoms with Gasteiger partial charge in [-0.05, 0) is 44.5 Å². The molecule has 0 aliphatic heterocycles. The van der Waals surface area contributed by atoms with E-state index in [1.807, 2.05) is 37.3 Å². The topological polar surface area (TPSA) is 93.5 Å². The standard InChI is InChI=1S/C25H32N4O4S/c1-6-28(7-2)34(31,32)23-16-21(14-15-22(23)33-8-3)26-25(30)24-18(4)27-29(19(24)5)17-20-12-10-9-11-13-20/h9-16H,6-8,17H2,1-5H3,(H,26,30). The number of hydrogen-bond donors (Lipinski definition) is 1. The van der Waals surface area contributed by atoms with Crippen molar-refractivity contribution in [2.24, 2.45) is 0 Å². The largest absolute Gasteiger partial charge is 0.492 e. The van der Waals surface area contributed by atoms with Crippen molar-refractivity contribution in [3.05, 3.63) is 71.0 Å². The van der Waals surface area contributed by atoms with Gasteiger partial charge in [-0.3, -0.25) is 9.48 Å². The molecular weight excluding hydrogens is 452 g/mol. The summed E-state index contributed by atoms with van der Waals surface area (Å²) in [6.45, 7) is 10.5. The third-order valence-corrected chi connectivity index (χ3v) is 7.68. The van der Waals surface area contributed by atoms with Gasteiger partial charge in [0, 0.05) is 24.5 Å². The number of ether oxygens (including phenoxy) is 1. The van der Waals surface area contributed by atoms with Crippen LogP contribution in [0.3, 0.4) is 0 Å². The molecule has 2 aromatic carbocycles. The zero-order chi connectivity index (χ0) is 24.9. The van der Waals surface area contributed by atoms with E-state index in [2.05, 4.69) is 10.4 Å². The first-order chi connectivity index (χ1) is 16.2. The van der Waals surface area contributed by atoms with Crippen LogP contribution in [0.2, 0.25) is 0 Å². The third-order valence-electron chi connectivity index (χ3n) is 5.61. The number of hydrogen-bond acceptors (Lipinski definition) is 5. The average Bonchev–Trinajstić information content (AvgIpc) is 3.08. The van der Waals surface area contributed by atoms with Gasteiger partial charge in [-0.2, -0.15) is 9.40 Å². The monoisotopic (exact) mass is 484 g/mol. The van der Waals surface area contributed by atoms with Crippen LogP contribution in [0, 0.1) is 13.8 Å². The summed E-state index contributed by atoms with van der Waals surface area (Å²) in [5.74, 6) is -0.0832. The van der Waals surface area contributed by atoms with E-state index in [-0.39, 0.29) is 16.6 Å². The van der Waals surface area contributed by atoms with E-state index in [4.69, 9.17) is 4.74 Å². The van der Waals surface area contributed by atoms with Gasteiger partial charge in [0.05, 0.1) is 24.4 Å². The summed E-state index contributed by atoms with van der Waals surface area (Å²) in [5, 5.41) is 7.39. The number of aryl methyl sites for hydroxylation is 1. The number of nitrogens with zero attached hydrogens (tertiary/aromatic N) is 3. The van der Waals surface area contributed by atoms with Gasteiger partial charge in [0.2, 0.25) is 10.0 Å². The fraction of sp³-hybridized carbons (Fsp3) is 0.360. The van der Waals surface area contributed by atoms with Gasteiger partial charge in [-0.25, -0.2) is 8.42 Å². The van der Waals surface area contributed by atoms with E-state index in [9.17, 15) is 13.2 Å². The highest BCUT2D eigenvalue weighted by Crippen LogP contribution is 2.30. The SMILES string of the molecule is CCOc1ccc(NC(=O)c2c(C)nn(Cc3ccccc3)c2C)cc1S(=O)(=O)N(CC)CC. The molecule has 9 heteroatoms. The molecule has 0 atom stereocenters. The lowest BCUT2D eigenvalue weighted by Crippen LogP contribution is -2.31. The second kappa shape index (κ2) is 10.8. The molecule has 0 saturated heterocycles. The summed E-state index contributed by atoms with van der Waals surface area (Å²) in [7, 11) is -3.78. The first kappa shape index (κ1) is 25.5. The summed E-state index contributed by atoms with van der Waals surface area (Å²) < 4.78 is 35.1. The quantitative estimate of drug-likeness (QED) is 0.465. The van der Waals surface area contributed by atoms with Crippen LogP contribution < -0.4 is 10.1 Å². The Balaban J connectivity index is 1.92. The van der Waals surface area contributed by atoms with Gasteiger partial charge in [-0.15, -0.1) is 0 Å². The van der Waals surface area contributed by atoms with Crippen molar-refractivity contribution < 1.29 is 17.9 Å². The van der Waals surface area contributed by atoms with Crippen LogP contribution in [-0.4, -0.2) is 48.1 Å². The molecule has 0 aliphatic carbocycles. The highest BCUT2D eigenvalue weighted by Gasteiger charge is 2.27. The summed E-state index contributed by atoms with van der Waals surface area (Å²) in [6, 6.07) is 14.6. The maximum Gasteiger partial charge on any atom is 0.259 e. The number of nitrogens with one attached hydrogen (secondary N) is 1. The minimum absolute atomic E-state index is 0.0315. The molecular formula is C25H32N4O4S. The lowest BCUT2D eigenvalue weighted by molar-refractivity contribution is 0.102. The van der Waals surface area contributed by atoms with Crippen molar-refractivity contribution in [2.45, 2.75) is 46.1 Å². The number of carbonyl (C=O) groups excluding carboxylic acids is 1. The fourth-order valence-corrected chi connectivity index (χ4v) is 5.51. The predicted molar refractivity (Wildman–Crippen MR) is 133 cm³/mol. The molecule has 0 saturated carbocycles. The van der Waals surface area contributed by atoms with Crippen LogP contribution in [0.4, 0.5) is 5.69 Å². The lowest BCUT2D eigenvalue weighted by atomic mass is 10.1. The van der Waals surface area contributed by atoms with Crippen molar-refractivity contribution >= 4 is 21.6 Å². The summed E-state index contributed by atoms with van der Waals surface area (Å²) in [6.07, 6.45) is 0. The van der Waals surface area contributed by atoms with E-state index < -0.39 is 10.0 Å². The van der Waals surface area contributed by atoms with Gasteiger partial charge in [0.25, 0.3) is 5.91 Å². The summed E-state index contributed by atoms with van der Waals surface area (Å²) >= 11 is 0. The van der Waals surface area contributed by atoms with Crippen LogP contribution in [0.1, 0.15) is 48.1 Å². The van der Waals surface area contributed by atoms with Gasteiger partial charge in [0.15, 0.2) is 0 Å². The summed E-state index contributed by atoms with van der Waals surface area (Å²) in [4.78, 5) is 13.2. The fourth-order valence-electron chi connectivity index (χ4n) is 3.89. The van der Waals surface area contributed by atoms with Crippen LogP contribution in [0.15, 0.2) is 53.4 Å². The Kier molecular flexibility index (Phi) is 8.11. The second-order valence-electron chi connectivity index (χ2n) is 7.83. The van der Waals surface area contributed by atoms with Gasteiger partial charge < -0.3 is 10.1 Å². The molecule has 1 N–H and O–H groups in total. The number of rotatable bonds is 10. The van der Waals surface area contributed by atoms with Crippen LogP contribution in [-0.2, 0) is 16.6 Å². The zero-order valence-electron chi connectivity index (χ0n) is 20.3. The van der Waals surface area contributed by atoms with Crippen molar-refractivity contribution in [3.8, 4) is 5.75 Å². The third kappa shape index (κ3) is 5.31. The molecule has 3 aromatic rings. The number of carbonyl (C=O) groups is 1. The van der Waals surface area contributed by atoms with Gasteiger partial charge in [0.1, 0.15) is 10.6 Å². The molecule has 1 heterocycles. The molecule has 1 amide bonds. The summed E-state index contributed by atoms with van der Waals surface area (Å²) in [5.41, 5.74) is 3.26. The molecule has 0 unspecified atom stereocenters. The lowest BCUT2D eigenvalue weighted by Gasteiger charge is -2.21.